The summed E-state index contributed by atoms with van der Waals surface area (Å²) in [7, 11) is 1.74. The lowest BCUT2D eigenvalue weighted by Gasteiger charge is -2.16. The number of aromatic nitrogens is 2. The van der Waals surface area contributed by atoms with E-state index in [1.807, 2.05) is 0 Å². The maximum absolute atomic E-state index is 5.49. The first kappa shape index (κ1) is 10.2. The number of nitrogens with zero attached hydrogens (tertiary/aromatic N) is 3. The molecule has 2 rings (SSSR count). The Bertz CT molecular complexity index is 314. The molecule has 0 amide bonds. The number of nitrogen functional groups attached to an aromatic ring is 1. The highest BCUT2D eigenvalue weighted by atomic mass is 16.5. The molecule has 0 aromatic carbocycles. The van der Waals surface area contributed by atoms with E-state index < -0.39 is 0 Å². The summed E-state index contributed by atoms with van der Waals surface area (Å²) in [5.41, 5.74) is 5.49. The fourth-order valence-electron chi connectivity index (χ4n) is 1.91. The van der Waals surface area contributed by atoms with Crippen LogP contribution in [0, 0.1) is 5.92 Å². The average molecular weight is 208 g/mol. The number of rotatable bonds is 3. The highest BCUT2D eigenvalue weighted by molar-refractivity contribution is 5.40. The molecule has 15 heavy (non-hydrogen) atoms. The van der Waals surface area contributed by atoms with Gasteiger partial charge in [0.25, 0.3) is 0 Å². The quantitative estimate of drug-likeness (QED) is 0.785. The van der Waals surface area contributed by atoms with Gasteiger partial charge < -0.3 is 15.4 Å². The van der Waals surface area contributed by atoms with Crippen molar-refractivity contribution in [3.05, 3.63) is 12.4 Å². The van der Waals surface area contributed by atoms with Gasteiger partial charge in [-0.3, -0.25) is 0 Å². The van der Waals surface area contributed by atoms with Gasteiger partial charge in [-0.1, -0.05) is 0 Å². The molecule has 1 aliphatic heterocycles. The molecule has 1 fully saturated rings. The van der Waals surface area contributed by atoms with Crippen LogP contribution in [0.15, 0.2) is 12.4 Å². The Kier molecular flexibility index (Phi) is 3.01. The van der Waals surface area contributed by atoms with Crippen LogP contribution in [0.2, 0.25) is 0 Å². The van der Waals surface area contributed by atoms with Crippen molar-refractivity contribution in [2.24, 2.45) is 5.92 Å². The molecule has 1 unspecified atom stereocenters. The van der Waals surface area contributed by atoms with Crippen LogP contribution in [-0.4, -0.2) is 36.8 Å². The molecule has 0 aliphatic carbocycles. The van der Waals surface area contributed by atoms with Crippen LogP contribution in [0.3, 0.4) is 0 Å². The molecule has 2 N–H and O–H groups in total. The SMILES string of the molecule is COCC1CCN(c2cnc(N)cn2)C1. The molecule has 1 aliphatic rings. The number of hydrogen-bond acceptors (Lipinski definition) is 5. The van der Waals surface area contributed by atoms with Crippen LogP contribution in [0.4, 0.5) is 11.6 Å². The maximum atomic E-state index is 5.49. The number of anilines is 2. The fourth-order valence-corrected chi connectivity index (χ4v) is 1.91. The zero-order valence-electron chi connectivity index (χ0n) is 8.89. The summed E-state index contributed by atoms with van der Waals surface area (Å²) in [5.74, 6) is 1.98. The molecule has 0 spiro atoms. The molecule has 5 heteroatoms. The van der Waals surface area contributed by atoms with Crippen LogP contribution in [-0.2, 0) is 4.74 Å². The van der Waals surface area contributed by atoms with Crippen LogP contribution in [0.1, 0.15) is 6.42 Å². The van der Waals surface area contributed by atoms with E-state index in [4.69, 9.17) is 10.5 Å². The lowest BCUT2D eigenvalue weighted by atomic mass is 10.1. The van der Waals surface area contributed by atoms with Gasteiger partial charge in [-0.05, 0) is 6.42 Å². The summed E-state index contributed by atoms with van der Waals surface area (Å²) >= 11 is 0. The lowest BCUT2D eigenvalue weighted by Crippen LogP contribution is -2.22. The molecule has 1 atom stereocenters. The second-order valence-corrected chi connectivity index (χ2v) is 3.86. The molecule has 1 aromatic heterocycles. The summed E-state index contributed by atoms with van der Waals surface area (Å²) in [4.78, 5) is 10.5. The van der Waals surface area contributed by atoms with Crippen LogP contribution < -0.4 is 10.6 Å². The van der Waals surface area contributed by atoms with Crippen LogP contribution in [0.5, 0.6) is 0 Å². The predicted molar refractivity (Wildman–Crippen MR) is 58.6 cm³/mol. The van der Waals surface area contributed by atoms with Crippen molar-refractivity contribution >= 4 is 11.6 Å². The molecular weight excluding hydrogens is 192 g/mol. The first-order chi connectivity index (χ1) is 7.29. The second-order valence-electron chi connectivity index (χ2n) is 3.86. The Labute approximate surface area is 89.3 Å². The highest BCUT2D eigenvalue weighted by Crippen LogP contribution is 2.21. The van der Waals surface area contributed by atoms with Crippen molar-refractivity contribution in [2.75, 3.05) is 37.4 Å². The van der Waals surface area contributed by atoms with E-state index in [1.165, 1.54) is 0 Å². The lowest BCUT2D eigenvalue weighted by molar-refractivity contribution is 0.161. The Balaban J connectivity index is 1.98. The summed E-state index contributed by atoms with van der Waals surface area (Å²) in [5, 5.41) is 0. The van der Waals surface area contributed by atoms with E-state index in [2.05, 4.69) is 14.9 Å². The molecule has 0 bridgehead atoms. The monoisotopic (exact) mass is 208 g/mol. The van der Waals surface area contributed by atoms with Gasteiger partial charge in [-0.2, -0.15) is 0 Å². The van der Waals surface area contributed by atoms with Gasteiger partial charge in [-0.15, -0.1) is 0 Å². The summed E-state index contributed by atoms with van der Waals surface area (Å²) in [6.45, 7) is 2.83. The zero-order chi connectivity index (χ0) is 10.7. The van der Waals surface area contributed by atoms with Gasteiger partial charge in [0.05, 0.1) is 19.0 Å². The van der Waals surface area contributed by atoms with Gasteiger partial charge in [0.1, 0.15) is 11.6 Å². The third-order valence-corrected chi connectivity index (χ3v) is 2.67. The molecule has 1 saturated heterocycles. The van der Waals surface area contributed by atoms with E-state index in [0.29, 0.717) is 11.7 Å². The number of methoxy groups -OCH3 is 1. The Hall–Kier alpha value is -1.36. The van der Waals surface area contributed by atoms with Gasteiger partial charge in [0.15, 0.2) is 0 Å². The summed E-state index contributed by atoms with van der Waals surface area (Å²) in [6.07, 6.45) is 4.48. The topological polar surface area (TPSA) is 64.3 Å². The molecule has 0 saturated carbocycles. The second kappa shape index (κ2) is 4.44. The van der Waals surface area contributed by atoms with E-state index in [9.17, 15) is 0 Å². The first-order valence-electron chi connectivity index (χ1n) is 5.11. The zero-order valence-corrected chi connectivity index (χ0v) is 8.89. The standard InChI is InChI=1S/C10H16N4O/c1-15-7-8-2-3-14(6-8)10-5-12-9(11)4-13-10/h4-5,8H,2-3,6-7H2,1H3,(H2,11,12). The fraction of sp³-hybridized carbons (Fsp3) is 0.600. The van der Waals surface area contributed by atoms with Crippen LogP contribution in [0.25, 0.3) is 0 Å². The van der Waals surface area contributed by atoms with Crippen molar-refractivity contribution in [2.45, 2.75) is 6.42 Å². The van der Waals surface area contributed by atoms with Gasteiger partial charge in [-0.25, -0.2) is 9.97 Å². The number of hydrogen-bond donors (Lipinski definition) is 1. The minimum absolute atomic E-state index is 0.464. The molecule has 5 nitrogen and oxygen atoms in total. The Morgan fingerprint density at radius 1 is 1.53 bits per heavy atom. The van der Waals surface area contributed by atoms with Crippen molar-refractivity contribution < 1.29 is 4.74 Å². The minimum Gasteiger partial charge on any atom is -0.384 e. The Morgan fingerprint density at radius 2 is 2.40 bits per heavy atom. The number of nitrogens with two attached hydrogens (primary N) is 1. The Morgan fingerprint density at radius 3 is 3.07 bits per heavy atom. The molecule has 82 valence electrons. The highest BCUT2D eigenvalue weighted by Gasteiger charge is 2.23. The molecular formula is C10H16N4O. The molecule has 0 radical (unpaired) electrons. The third-order valence-electron chi connectivity index (χ3n) is 2.67. The molecule has 2 heterocycles. The summed E-state index contributed by atoms with van der Waals surface area (Å²) in [6, 6.07) is 0. The van der Waals surface area contributed by atoms with E-state index in [0.717, 1.165) is 31.9 Å². The van der Waals surface area contributed by atoms with Crippen molar-refractivity contribution in [3.63, 3.8) is 0 Å². The first-order valence-corrected chi connectivity index (χ1v) is 5.11. The van der Waals surface area contributed by atoms with E-state index >= 15 is 0 Å². The minimum atomic E-state index is 0.464. The van der Waals surface area contributed by atoms with Crippen molar-refractivity contribution in [1.82, 2.24) is 9.97 Å². The smallest absolute Gasteiger partial charge is 0.147 e. The van der Waals surface area contributed by atoms with E-state index in [1.54, 1.807) is 19.5 Å². The predicted octanol–water partition coefficient (Wildman–Crippen LogP) is 0.531. The normalized spacial score (nSPS) is 20.9. The van der Waals surface area contributed by atoms with Gasteiger partial charge in [0.2, 0.25) is 0 Å². The van der Waals surface area contributed by atoms with Crippen LogP contribution >= 0.6 is 0 Å². The average Bonchev–Trinajstić information content (AvgIpc) is 2.68. The van der Waals surface area contributed by atoms with Crippen molar-refractivity contribution in [3.8, 4) is 0 Å². The van der Waals surface area contributed by atoms with Gasteiger partial charge in [0, 0.05) is 26.1 Å². The largest absolute Gasteiger partial charge is 0.384 e. The third kappa shape index (κ3) is 2.36. The van der Waals surface area contributed by atoms with Gasteiger partial charge >= 0.3 is 0 Å². The molecule has 1 aromatic rings. The maximum Gasteiger partial charge on any atom is 0.147 e. The van der Waals surface area contributed by atoms with E-state index in [-0.39, 0.29) is 0 Å². The van der Waals surface area contributed by atoms with Crippen molar-refractivity contribution in [1.29, 1.82) is 0 Å². The summed E-state index contributed by atoms with van der Waals surface area (Å²) < 4.78 is 5.15. The number of ether oxygens (including phenoxy) is 1.